The molecule has 34 heavy (non-hydrogen) atoms. The van der Waals surface area contributed by atoms with Crippen LogP contribution in [0.3, 0.4) is 0 Å². The van der Waals surface area contributed by atoms with Crippen LogP contribution in [-0.4, -0.2) is 23.4 Å². The number of Topliss-reactive ketones (excluding diaryl/α,β-unsaturated/α-hetero) is 1. The molecule has 1 amide bonds. The van der Waals surface area contributed by atoms with Gasteiger partial charge in [-0.25, -0.2) is 0 Å². The summed E-state index contributed by atoms with van der Waals surface area (Å²) < 4.78 is 11.4. The molecule has 1 atom stereocenters. The molecular weight excluding hydrogens is 430 g/mol. The summed E-state index contributed by atoms with van der Waals surface area (Å²) in [5.74, 6) is 0.124. The van der Waals surface area contributed by atoms with E-state index in [9.17, 15) is 14.7 Å². The first-order chi connectivity index (χ1) is 16.5. The molecule has 0 spiro atoms. The van der Waals surface area contributed by atoms with Crippen molar-refractivity contribution >= 4 is 23.1 Å². The summed E-state index contributed by atoms with van der Waals surface area (Å²) >= 11 is 0. The number of carbonyl (C=O) groups is 2. The molecule has 1 aliphatic heterocycles. The third kappa shape index (κ3) is 3.79. The molecule has 1 unspecified atom stereocenters. The monoisotopic (exact) mass is 457 g/mol. The minimum Gasteiger partial charge on any atom is -0.507 e. The van der Waals surface area contributed by atoms with Crippen molar-refractivity contribution in [1.29, 1.82) is 0 Å². The third-order valence-corrected chi connectivity index (χ3v) is 6.52. The van der Waals surface area contributed by atoms with Crippen molar-refractivity contribution in [2.24, 2.45) is 0 Å². The Balaban J connectivity index is 1.63. The number of ether oxygens (including phenoxy) is 1. The first kappa shape index (κ1) is 22.0. The van der Waals surface area contributed by atoms with Gasteiger partial charge in [0.2, 0.25) is 0 Å². The van der Waals surface area contributed by atoms with Crippen molar-refractivity contribution in [2.75, 3.05) is 11.5 Å². The van der Waals surface area contributed by atoms with Crippen molar-refractivity contribution in [2.45, 2.75) is 45.6 Å². The normalized spacial score (nSPS) is 19.4. The number of rotatable bonds is 5. The molecule has 0 bridgehead atoms. The third-order valence-electron chi connectivity index (χ3n) is 6.52. The predicted molar refractivity (Wildman–Crippen MR) is 129 cm³/mol. The second kappa shape index (κ2) is 8.86. The smallest absolute Gasteiger partial charge is 0.300 e. The van der Waals surface area contributed by atoms with Crippen LogP contribution in [0.15, 0.2) is 64.6 Å². The Morgan fingerprint density at radius 2 is 1.76 bits per heavy atom. The van der Waals surface area contributed by atoms with E-state index in [-0.39, 0.29) is 11.3 Å². The first-order valence-corrected chi connectivity index (χ1v) is 11.7. The summed E-state index contributed by atoms with van der Waals surface area (Å²) in [4.78, 5) is 27.9. The van der Waals surface area contributed by atoms with E-state index in [0.717, 1.165) is 25.7 Å². The number of hydrogen-bond acceptors (Lipinski definition) is 5. The van der Waals surface area contributed by atoms with Gasteiger partial charge in [-0.05, 0) is 93.1 Å². The van der Waals surface area contributed by atoms with E-state index in [1.54, 1.807) is 43.3 Å². The lowest BCUT2D eigenvalue weighted by Crippen LogP contribution is -2.29. The number of carbonyl (C=O) groups excluding carboxylic acids is 2. The number of aliphatic hydroxyl groups is 1. The lowest BCUT2D eigenvalue weighted by molar-refractivity contribution is -0.132. The van der Waals surface area contributed by atoms with E-state index in [0.29, 0.717) is 35.1 Å². The van der Waals surface area contributed by atoms with Crippen LogP contribution in [0.4, 0.5) is 5.69 Å². The minimum atomic E-state index is -0.873. The number of amides is 1. The van der Waals surface area contributed by atoms with Crippen molar-refractivity contribution in [1.82, 2.24) is 0 Å². The SMILES string of the molecule is CCOc1ccc(N2C(=O)C(=O)/C(=C(\O)c3ccc4c(c3)CCCC4)C2c2ccc(C)o2)cc1. The highest BCUT2D eigenvalue weighted by atomic mass is 16.5. The Kier molecular flexibility index (Phi) is 5.74. The van der Waals surface area contributed by atoms with Gasteiger partial charge >= 0.3 is 0 Å². The fraction of sp³-hybridized carbons (Fsp3) is 0.286. The van der Waals surface area contributed by atoms with Crippen LogP contribution in [0.25, 0.3) is 5.76 Å². The highest BCUT2D eigenvalue weighted by molar-refractivity contribution is 6.51. The summed E-state index contributed by atoms with van der Waals surface area (Å²) in [6, 6.07) is 15.4. The van der Waals surface area contributed by atoms with E-state index in [2.05, 4.69) is 0 Å². The van der Waals surface area contributed by atoms with Crippen LogP contribution < -0.4 is 9.64 Å². The largest absolute Gasteiger partial charge is 0.507 e. The number of aliphatic hydroxyl groups excluding tert-OH is 1. The number of furan rings is 1. The molecule has 1 N–H and O–H groups in total. The molecule has 2 heterocycles. The second-order valence-corrected chi connectivity index (χ2v) is 8.74. The molecule has 1 fully saturated rings. The Hall–Kier alpha value is -3.80. The fourth-order valence-electron chi connectivity index (χ4n) is 4.87. The molecule has 0 saturated carbocycles. The maximum Gasteiger partial charge on any atom is 0.300 e. The molecule has 3 aromatic rings. The van der Waals surface area contributed by atoms with Gasteiger partial charge < -0.3 is 14.3 Å². The number of aryl methyl sites for hydroxylation is 3. The van der Waals surface area contributed by atoms with E-state index < -0.39 is 17.7 Å². The zero-order chi connectivity index (χ0) is 23.8. The Bertz CT molecular complexity index is 1280. The predicted octanol–water partition coefficient (Wildman–Crippen LogP) is 5.49. The summed E-state index contributed by atoms with van der Waals surface area (Å²) in [7, 11) is 0. The average molecular weight is 458 g/mol. The standard InChI is InChI=1S/C28H27NO5/c1-3-33-22-13-11-21(12-14-22)29-25(23-15-8-17(2)34-23)24(27(31)28(29)32)26(30)20-10-9-18-6-4-5-7-19(18)16-20/h8-16,25,30H,3-7H2,1-2H3/b26-24-. The number of ketones is 1. The number of anilines is 1. The lowest BCUT2D eigenvalue weighted by atomic mass is 9.89. The van der Waals surface area contributed by atoms with Crippen molar-refractivity contribution < 1.29 is 23.8 Å². The van der Waals surface area contributed by atoms with Gasteiger partial charge in [-0.3, -0.25) is 14.5 Å². The second-order valence-electron chi connectivity index (χ2n) is 8.74. The van der Waals surface area contributed by atoms with Gasteiger partial charge in [-0.15, -0.1) is 0 Å². The van der Waals surface area contributed by atoms with Gasteiger partial charge in [-0.2, -0.15) is 0 Å². The van der Waals surface area contributed by atoms with Crippen LogP contribution in [0, 0.1) is 6.92 Å². The topological polar surface area (TPSA) is 80.0 Å². The van der Waals surface area contributed by atoms with E-state index in [4.69, 9.17) is 9.15 Å². The average Bonchev–Trinajstić information content (AvgIpc) is 3.39. The van der Waals surface area contributed by atoms with Crippen LogP contribution in [0.5, 0.6) is 5.75 Å². The highest BCUT2D eigenvalue weighted by Gasteiger charge is 2.48. The molecule has 0 radical (unpaired) electrons. The highest BCUT2D eigenvalue weighted by Crippen LogP contribution is 2.43. The van der Waals surface area contributed by atoms with Gasteiger partial charge in [0.1, 0.15) is 29.1 Å². The molecular formula is C28H27NO5. The summed E-state index contributed by atoms with van der Waals surface area (Å²) in [6.45, 7) is 4.22. The maximum atomic E-state index is 13.3. The number of nitrogens with zero attached hydrogens (tertiary/aromatic N) is 1. The molecule has 1 aromatic heterocycles. The van der Waals surface area contributed by atoms with Crippen molar-refractivity contribution in [3.05, 3.63) is 88.4 Å². The fourth-order valence-corrected chi connectivity index (χ4v) is 4.87. The van der Waals surface area contributed by atoms with Crippen molar-refractivity contribution in [3.8, 4) is 5.75 Å². The minimum absolute atomic E-state index is 0.0315. The van der Waals surface area contributed by atoms with Gasteiger partial charge in [0.05, 0.1) is 12.2 Å². The number of benzene rings is 2. The zero-order valence-corrected chi connectivity index (χ0v) is 19.3. The molecule has 6 heteroatoms. The van der Waals surface area contributed by atoms with Crippen LogP contribution in [-0.2, 0) is 22.4 Å². The van der Waals surface area contributed by atoms with Gasteiger partial charge in [0.15, 0.2) is 0 Å². The summed E-state index contributed by atoms with van der Waals surface area (Å²) in [5, 5.41) is 11.3. The Morgan fingerprint density at radius 3 is 2.44 bits per heavy atom. The van der Waals surface area contributed by atoms with E-state index in [1.165, 1.54) is 16.0 Å². The lowest BCUT2D eigenvalue weighted by Gasteiger charge is -2.24. The molecule has 2 aliphatic rings. The van der Waals surface area contributed by atoms with E-state index >= 15 is 0 Å². The molecule has 5 rings (SSSR count). The molecule has 1 saturated heterocycles. The van der Waals surface area contributed by atoms with Crippen molar-refractivity contribution in [3.63, 3.8) is 0 Å². The Morgan fingerprint density at radius 1 is 1.03 bits per heavy atom. The molecule has 1 aliphatic carbocycles. The maximum absolute atomic E-state index is 13.3. The summed E-state index contributed by atoms with van der Waals surface area (Å²) in [5.41, 5.74) is 3.55. The van der Waals surface area contributed by atoms with Gasteiger partial charge in [0.25, 0.3) is 11.7 Å². The molecule has 2 aromatic carbocycles. The van der Waals surface area contributed by atoms with Crippen LogP contribution >= 0.6 is 0 Å². The van der Waals surface area contributed by atoms with Crippen LogP contribution in [0.2, 0.25) is 0 Å². The zero-order valence-electron chi connectivity index (χ0n) is 19.3. The Labute approximate surface area is 198 Å². The number of fused-ring (bicyclic) bond motifs is 1. The quantitative estimate of drug-likeness (QED) is 0.311. The van der Waals surface area contributed by atoms with Crippen LogP contribution in [0.1, 0.15) is 54.0 Å². The molecule has 174 valence electrons. The van der Waals surface area contributed by atoms with Gasteiger partial charge in [-0.1, -0.05) is 12.1 Å². The van der Waals surface area contributed by atoms with E-state index in [1.807, 2.05) is 25.1 Å². The molecule has 6 nitrogen and oxygen atoms in total. The summed E-state index contributed by atoms with van der Waals surface area (Å²) in [6.07, 6.45) is 4.22. The first-order valence-electron chi connectivity index (χ1n) is 11.7. The number of hydrogen-bond donors (Lipinski definition) is 1. The van der Waals surface area contributed by atoms with Gasteiger partial charge in [0, 0.05) is 11.3 Å².